The summed E-state index contributed by atoms with van der Waals surface area (Å²) >= 11 is 11.1. The maximum atomic E-state index is 12.8. The minimum Gasteiger partial charge on any atom is -1.00 e. The molecule has 0 bridgehead atoms. The van der Waals surface area contributed by atoms with E-state index >= 15 is 0 Å². The van der Waals surface area contributed by atoms with Crippen molar-refractivity contribution in [3.8, 4) is 0 Å². The average Bonchev–Trinajstić information content (AvgIpc) is 1.74. The molecule has 2 heterocycles. The van der Waals surface area contributed by atoms with Gasteiger partial charge in [0.2, 0.25) is 5.82 Å². The van der Waals surface area contributed by atoms with E-state index in [1.54, 1.807) is 115 Å². The van der Waals surface area contributed by atoms with Crippen molar-refractivity contribution in [3.05, 3.63) is 294 Å². The number of amides is 1. The summed E-state index contributed by atoms with van der Waals surface area (Å²) in [5.41, 5.74) is 14.8. The fourth-order valence-corrected chi connectivity index (χ4v) is 13.7. The molecular formula is C86H93Cs2F2ILiN5O30S5. The first-order chi connectivity index (χ1) is 60.7. The third-order valence-corrected chi connectivity index (χ3v) is 20.2. The third kappa shape index (κ3) is 45.3. The molecule has 0 aliphatic carbocycles. The van der Waals surface area contributed by atoms with Gasteiger partial charge in [-0.1, -0.05) is 145 Å². The van der Waals surface area contributed by atoms with Crippen LogP contribution in [-0.2, 0) is 42.8 Å². The third-order valence-electron chi connectivity index (χ3n) is 15.2. The van der Waals surface area contributed by atoms with Gasteiger partial charge in [0, 0.05) is 84.4 Å². The number of carboxylic acid groups (broad SMARTS) is 3. The molecule has 0 atom stereocenters. The van der Waals surface area contributed by atoms with Crippen LogP contribution in [0, 0.1) is 26.0 Å². The number of halogens is 3. The standard InChI is InChI=1S/C16H13NO6S.C16H15NO4S.C14H11NO4S.C14H9NO3S.C8H6FNO4.C8H8O2S.C4H8O.CH3F.CH3I.CH2O3.CH4O.2CH4.2Cs.Li.2H2O.H/c1-22-15(18)10-7-8-14(12(9-10)17(20)21)24-13-6-4-3-5-11(13)16(19)23-2;1-20-15(18)10-7-8-14(12(17)9-10)22-13-6-4-3-5-11(13)16(19)21-2;15-10-7-8(13(16)17)5-6-12(10)20-11-4-2-1-3-9(11)14(18)19;16-13-9-3-1-2-4-11(9)19-12-6-5-8(14(17)18)7-10(12)15-13;1-14-8(11)5-2-3-6(9)7(4-5)10(12)13;1-10-8(9)6-4-2-3-5-7(6)11;1-2-4-5-3-1;2*1-2;2-1-4-3;1-2;;;;;;;;/h3-9H,1-2H3;3-9H,17H2,1-2H3;1-7H,15H2,(H,16,17)(H,18,19);1-7H,(H,15,16)(H,17,18);2-4H,1H3;2-5,11H,1H3;1-4H2;2*1H3;1,3H;2H,1H3;2*1H4;;;;2*1H2;/q;;;;;;;;;;;;;3*+1;;;-1/p-2/i;;;;;;;2*1D;;;;;;;;;;. The fraction of sp³-hybridized carbons (Fsp3) is 0.174. The number of ether oxygens (including phenoxy) is 7. The molecule has 35 nitrogen and oxygen atoms in total. The van der Waals surface area contributed by atoms with Crippen molar-refractivity contribution in [2.45, 2.75) is 71.8 Å². The number of nitro groups is 2. The Morgan fingerprint density at radius 2 is 0.856 bits per heavy atom. The normalized spacial score (nSPS) is 10.1. The summed E-state index contributed by atoms with van der Waals surface area (Å²) in [6, 6.07) is 55.4. The molecule has 12 rings (SSSR count). The summed E-state index contributed by atoms with van der Waals surface area (Å²) in [4.78, 5) is 151. The van der Waals surface area contributed by atoms with E-state index in [1.807, 2.05) is 52.9 Å². The van der Waals surface area contributed by atoms with Gasteiger partial charge in [-0.25, -0.2) is 43.2 Å². The number of rotatable bonds is 18. The number of fused-ring (bicyclic) bond motifs is 2. The number of hydrogen-bond acceptors (Lipinski definition) is 33. The van der Waals surface area contributed by atoms with Gasteiger partial charge in [0.25, 0.3) is 18.1 Å². The number of alkyl halides is 2. The fourth-order valence-electron chi connectivity index (χ4n) is 9.47. The number of nitrogens with one attached hydrogen (secondary N) is 1. The predicted octanol–water partition coefficient (Wildman–Crippen LogP) is 7.39. The van der Waals surface area contributed by atoms with Crippen LogP contribution in [0.5, 0.6) is 0 Å². The van der Waals surface area contributed by atoms with Crippen molar-refractivity contribution in [1.29, 1.82) is 0 Å². The molecule has 1 amide bonds. The molecule has 10 aromatic carbocycles. The molecule has 2 aliphatic heterocycles. The second kappa shape index (κ2) is 74.9. The van der Waals surface area contributed by atoms with E-state index in [4.69, 9.17) is 58.9 Å². The number of methoxy groups -OCH3 is 6. The van der Waals surface area contributed by atoms with Crippen LogP contribution in [0.1, 0.15) is 135 Å². The second-order valence-corrected chi connectivity index (χ2v) is 27.6. The topological polar surface area (TPSA) is 577 Å². The molecule has 0 aromatic heterocycles. The zero-order chi connectivity index (χ0) is 95.3. The van der Waals surface area contributed by atoms with Crippen LogP contribution in [0.15, 0.2) is 256 Å². The Morgan fingerprint density at radius 3 is 1.25 bits per heavy atom. The second-order valence-electron chi connectivity index (χ2n) is 22.8. The molecule has 1 fully saturated rings. The molecule has 0 spiro atoms. The van der Waals surface area contributed by atoms with Crippen molar-refractivity contribution < 1.29 is 307 Å². The van der Waals surface area contributed by atoms with E-state index in [2.05, 4.69) is 41.8 Å². The van der Waals surface area contributed by atoms with Gasteiger partial charge in [0.1, 0.15) is 0 Å². The molecule has 0 saturated carbocycles. The number of nitro benzene ring substituents is 2. The Balaban J connectivity index is -0.000000281. The SMILES string of the molecule is C.C.C1CCOC1.CO.COC(=O)c1ccc(F)c([N+](=O)[O-])c1.COC(=O)c1ccc(Sc2ccccc2C(=O)OC)c(N)c1.COC(=O)c1ccc(Sc2ccccc2C(=O)OC)c([N+](=O)[O-])c1.COC(=O)c1ccccc1S.Nc1cc(C(=O)O)ccc1Sc1ccccc1C(=O)O.O.O=C(O)c1ccc2c(c1)NC(=O)c1ccccc1S2.O=CO[O-].[2H]CF.[2H]CI.[Cs+].[Cs+].[H-].[Li+].[OH-]. The maximum Gasteiger partial charge on any atom is 1.00 e. The average molecular weight is 2280 g/mol. The zero-order valence-electron chi connectivity index (χ0n) is 73.8. The van der Waals surface area contributed by atoms with Crippen molar-refractivity contribution in [1.82, 2.24) is 0 Å². The van der Waals surface area contributed by atoms with Crippen molar-refractivity contribution >= 4 is 177 Å². The number of benzene rings is 10. The number of carboxylic acids is 3. The number of aromatic carboxylic acids is 3. The van der Waals surface area contributed by atoms with Crippen LogP contribution in [0.25, 0.3) is 0 Å². The summed E-state index contributed by atoms with van der Waals surface area (Å²) in [7, 11) is 7.60. The van der Waals surface area contributed by atoms with Crippen molar-refractivity contribution in [2.24, 2.45) is 0 Å². The molecule has 0 unspecified atom stereocenters. The molecule has 2 aliphatic rings. The van der Waals surface area contributed by atoms with Crippen LogP contribution < -0.4 is 179 Å². The van der Waals surface area contributed by atoms with Crippen molar-refractivity contribution in [3.63, 3.8) is 0 Å². The van der Waals surface area contributed by atoms with E-state index in [1.165, 1.54) is 126 Å². The largest absolute Gasteiger partial charge is 1.00 e. The van der Waals surface area contributed by atoms with Gasteiger partial charge in [-0.05, 0) is 157 Å². The molecule has 46 heteroatoms. The van der Waals surface area contributed by atoms with E-state index in [9.17, 15) is 77.0 Å². The number of carbonyl (C=O) groups is 11. The van der Waals surface area contributed by atoms with E-state index < -0.39 is 76.3 Å². The zero-order valence-corrected chi connectivity index (χ0v) is 89.7. The Labute approximate surface area is 928 Å². The number of aliphatic hydroxyl groups excluding tert-OH is 1. The maximum absolute atomic E-state index is 12.8. The van der Waals surface area contributed by atoms with Crippen LogP contribution >= 0.6 is 82.3 Å². The van der Waals surface area contributed by atoms with Gasteiger partial charge in [-0.2, -0.15) is 4.39 Å². The van der Waals surface area contributed by atoms with E-state index in [0.717, 1.165) is 83.0 Å². The Bertz CT molecular complexity index is 5440. The number of thiol groups is 1. The monoisotopic (exact) mass is 2280 g/mol. The number of hydrogen-bond donors (Lipinski definition) is 8. The van der Waals surface area contributed by atoms with Gasteiger partial charge < -0.3 is 92.9 Å². The summed E-state index contributed by atoms with van der Waals surface area (Å²) in [6.07, 6.45) is 2.56. The number of nitrogens with zero attached hydrogens (tertiary/aromatic N) is 2. The number of esters is 6. The van der Waals surface area contributed by atoms with Crippen LogP contribution in [0.3, 0.4) is 0 Å². The van der Waals surface area contributed by atoms with Crippen LogP contribution in [0.4, 0.5) is 37.2 Å². The quantitative estimate of drug-likeness (QED) is 0.00355. The summed E-state index contributed by atoms with van der Waals surface area (Å²) in [6.45, 7) is 1.82. The minimum absolute atomic E-state index is 0. The summed E-state index contributed by atoms with van der Waals surface area (Å²) in [5, 5.41) is 66.7. The van der Waals surface area contributed by atoms with Gasteiger partial charge in [-0.3, -0.25) is 34.2 Å². The number of nitrogen functional groups attached to an aromatic ring is 2. The first-order valence-corrected chi connectivity index (χ1v) is 39.9. The summed E-state index contributed by atoms with van der Waals surface area (Å²) in [5.74, 6) is -7.44. The molecule has 1 saturated heterocycles. The van der Waals surface area contributed by atoms with Gasteiger partial charge in [-0.15, -0.1) is 12.6 Å². The predicted molar refractivity (Wildman–Crippen MR) is 490 cm³/mol. The molecule has 696 valence electrons. The molecule has 132 heavy (non-hydrogen) atoms. The number of carbonyl (C=O) groups excluding carboxylic acids is 8. The van der Waals surface area contributed by atoms with E-state index in [0.29, 0.717) is 74.3 Å². The number of aliphatic hydroxyl groups is 1. The van der Waals surface area contributed by atoms with Crippen LogP contribution in [-0.4, -0.2) is 182 Å². The number of nitrogens with two attached hydrogens (primary N) is 2. The molecule has 12 N–H and O–H groups in total. The smallest absolute Gasteiger partial charge is 1.00 e. The van der Waals surface area contributed by atoms with Gasteiger partial charge in [0.15, 0.2) is 0 Å². The first kappa shape index (κ1) is 130. The molecule has 0 radical (unpaired) electrons. The summed E-state index contributed by atoms with van der Waals surface area (Å²) < 4.78 is 67.0. The number of anilines is 3. The Hall–Kier alpha value is -8.39. The van der Waals surface area contributed by atoms with E-state index in [-0.39, 0.29) is 236 Å². The Kier molecular flexibility index (Phi) is 73.7. The van der Waals surface area contributed by atoms with Gasteiger partial charge >= 0.3 is 216 Å². The van der Waals surface area contributed by atoms with Crippen molar-refractivity contribution in [2.75, 3.05) is 91.8 Å². The van der Waals surface area contributed by atoms with Gasteiger partial charge in [0.05, 0.1) is 127 Å². The first-order valence-electron chi connectivity index (χ1n) is 36.1. The molecular weight excluding hydrogens is 2180 g/mol. The minimum atomic E-state index is -1.06. The Morgan fingerprint density at radius 1 is 0.523 bits per heavy atom. The molecule has 10 aromatic rings. The van der Waals surface area contributed by atoms with Crippen LogP contribution in [0.2, 0.25) is 0 Å².